The van der Waals surface area contributed by atoms with Crippen molar-refractivity contribution in [1.82, 2.24) is 13.9 Å². The quantitative estimate of drug-likeness (QED) is 0.657. The lowest BCUT2D eigenvalue weighted by Crippen LogP contribution is -1.94. The summed E-state index contributed by atoms with van der Waals surface area (Å²) < 4.78 is 6.25. The molecule has 0 amide bonds. The SMILES string of the molecule is Cc1nscc1-n1ccc2cc(C#N)cnc21. The Kier molecular flexibility index (Phi) is 2.16. The molecule has 0 spiro atoms. The van der Waals surface area contributed by atoms with Gasteiger partial charge in [-0.15, -0.1) is 0 Å². The van der Waals surface area contributed by atoms with Crippen molar-refractivity contribution in [2.45, 2.75) is 6.92 Å². The molecular weight excluding hydrogens is 232 g/mol. The summed E-state index contributed by atoms with van der Waals surface area (Å²) >= 11 is 1.43. The van der Waals surface area contributed by atoms with Gasteiger partial charge < -0.3 is 0 Å². The second-order valence-corrected chi connectivity index (χ2v) is 4.35. The minimum Gasteiger partial charge on any atom is -0.299 e. The van der Waals surface area contributed by atoms with Gasteiger partial charge in [0.05, 0.1) is 16.9 Å². The van der Waals surface area contributed by atoms with Gasteiger partial charge in [0.2, 0.25) is 0 Å². The smallest absolute Gasteiger partial charge is 0.144 e. The number of aryl methyl sites for hydroxylation is 1. The average Bonchev–Trinajstić information content (AvgIpc) is 2.94. The predicted octanol–water partition coefficient (Wildman–Crippen LogP) is 2.66. The number of hydrogen-bond donors (Lipinski definition) is 0. The molecule has 0 aliphatic rings. The summed E-state index contributed by atoms with van der Waals surface area (Å²) in [6.07, 6.45) is 3.55. The monoisotopic (exact) mass is 240 g/mol. The molecule has 0 aliphatic carbocycles. The van der Waals surface area contributed by atoms with Gasteiger partial charge in [-0.1, -0.05) is 0 Å². The molecule has 0 unspecified atom stereocenters. The molecular formula is C12H8N4S. The minimum atomic E-state index is 0.579. The van der Waals surface area contributed by atoms with E-state index in [0.29, 0.717) is 5.56 Å². The Morgan fingerprint density at radius 2 is 2.35 bits per heavy atom. The fourth-order valence-electron chi connectivity index (χ4n) is 1.80. The molecule has 0 atom stereocenters. The number of nitriles is 1. The number of aromatic nitrogens is 3. The second kappa shape index (κ2) is 3.68. The van der Waals surface area contributed by atoms with E-state index in [0.717, 1.165) is 22.4 Å². The molecule has 4 nitrogen and oxygen atoms in total. The zero-order valence-electron chi connectivity index (χ0n) is 9.08. The highest BCUT2D eigenvalue weighted by Crippen LogP contribution is 2.22. The first kappa shape index (κ1) is 10.00. The highest BCUT2D eigenvalue weighted by Gasteiger charge is 2.08. The van der Waals surface area contributed by atoms with Crippen LogP contribution in [0.5, 0.6) is 0 Å². The first-order chi connectivity index (χ1) is 8.29. The van der Waals surface area contributed by atoms with E-state index in [4.69, 9.17) is 5.26 Å². The topological polar surface area (TPSA) is 54.5 Å². The zero-order valence-corrected chi connectivity index (χ0v) is 9.90. The molecule has 5 heteroatoms. The molecule has 0 radical (unpaired) electrons. The molecule has 3 rings (SSSR count). The fraction of sp³-hybridized carbons (Fsp3) is 0.0833. The summed E-state index contributed by atoms with van der Waals surface area (Å²) in [5.41, 5.74) is 3.46. The third-order valence-electron chi connectivity index (χ3n) is 2.64. The van der Waals surface area contributed by atoms with Crippen LogP contribution in [0.1, 0.15) is 11.3 Å². The van der Waals surface area contributed by atoms with Crippen LogP contribution in [0.4, 0.5) is 0 Å². The Morgan fingerprint density at radius 3 is 3.06 bits per heavy atom. The Bertz CT molecular complexity index is 732. The number of pyridine rings is 1. The lowest BCUT2D eigenvalue weighted by Gasteiger charge is -2.02. The molecule has 0 bridgehead atoms. The van der Waals surface area contributed by atoms with Crippen LogP contribution in [0.2, 0.25) is 0 Å². The molecule has 3 aromatic heterocycles. The maximum absolute atomic E-state index is 8.83. The van der Waals surface area contributed by atoms with Gasteiger partial charge >= 0.3 is 0 Å². The minimum absolute atomic E-state index is 0.579. The van der Waals surface area contributed by atoms with E-state index >= 15 is 0 Å². The van der Waals surface area contributed by atoms with Gasteiger partial charge in [0.25, 0.3) is 0 Å². The van der Waals surface area contributed by atoms with E-state index in [-0.39, 0.29) is 0 Å². The summed E-state index contributed by atoms with van der Waals surface area (Å²) in [5, 5.41) is 11.8. The zero-order chi connectivity index (χ0) is 11.8. The summed E-state index contributed by atoms with van der Waals surface area (Å²) in [6.45, 7) is 1.97. The lowest BCUT2D eigenvalue weighted by molar-refractivity contribution is 1.07. The van der Waals surface area contributed by atoms with E-state index < -0.39 is 0 Å². The van der Waals surface area contributed by atoms with Crippen molar-refractivity contribution in [3.8, 4) is 11.8 Å². The molecule has 0 aliphatic heterocycles. The molecule has 3 aromatic rings. The summed E-state index contributed by atoms with van der Waals surface area (Å²) in [4.78, 5) is 4.33. The van der Waals surface area contributed by atoms with Gasteiger partial charge in [0.15, 0.2) is 0 Å². The maximum atomic E-state index is 8.83. The third-order valence-corrected chi connectivity index (χ3v) is 3.35. The van der Waals surface area contributed by atoms with Crippen molar-refractivity contribution >= 4 is 22.6 Å². The average molecular weight is 240 g/mol. The Balaban J connectivity index is 2.27. The summed E-state index contributed by atoms with van der Waals surface area (Å²) in [5.74, 6) is 0. The van der Waals surface area contributed by atoms with E-state index in [2.05, 4.69) is 15.4 Å². The van der Waals surface area contributed by atoms with Crippen LogP contribution < -0.4 is 0 Å². The van der Waals surface area contributed by atoms with Crippen LogP contribution in [0.15, 0.2) is 29.9 Å². The fourth-order valence-corrected chi connectivity index (χ4v) is 2.49. The normalized spacial score (nSPS) is 10.6. The summed E-state index contributed by atoms with van der Waals surface area (Å²) in [7, 11) is 0. The Hall–Kier alpha value is -2.19. The Morgan fingerprint density at radius 1 is 1.47 bits per heavy atom. The van der Waals surface area contributed by atoms with Crippen molar-refractivity contribution in [3.05, 3.63) is 41.2 Å². The largest absolute Gasteiger partial charge is 0.299 e. The summed E-state index contributed by atoms with van der Waals surface area (Å²) in [6, 6.07) is 5.89. The first-order valence-electron chi connectivity index (χ1n) is 5.08. The van der Waals surface area contributed by atoms with E-state index in [9.17, 15) is 0 Å². The van der Waals surface area contributed by atoms with Gasteiger partial charge in [0.1, 0.15) is 11.7 Å². The molecule has 82 valence electrons. The standard InChI is InChI=1S/C12H8N4S/c1-8-11(7-17-15-8)16-3-2-10-4-9(5-13)6-14-12(10)16/h2-4,6-7H,1H3. The third kappa shape index (κ3) is 1.50. The molecule has 0 N–H and O–H groups in total. The van der Waals surface area contributed by atoms with Crippen molar-refractivity contribution in [1.29, 1.82) is 5.26 Å². The highest BCUT2D eigenvalue weighted by atomic mass is 32.1. The van der Waals surface area contributed by atoms with Gasteiger partial charge in [-0.2, -0.15) is 9.64 Å². The van der Waals surface area contributed by atoms with Crippen molar-refractivity contribution < 1.29 is 0 Å². The molecule has 0 saturated carbocycles. The molecule has 0 aromatic carbocycles. The van der Waals surface area contributed by atoms with Crippen molar-refractivity contribution in [3.63, 3.8) is 0 Å². The number of hydrogen-bond acceptors (Lipinski definition) is 4. The van der Waals surface area contributed by atoms with Crippen LogP contribution in [0.3, 0.4) is 0 Å². The van der Waals surface area contributed by atoms with Crippen LogP contribution in [-0.2, 0) is 0 Å². The highest BCUT2D eigenvalue weighted by molar-refractivity contribution is 7.04. The lowest BCUT2D eigenvalue weighted by atomic mass is 10.2. The van der Waals surface area contributed by atoms with Gasteiger partial charge in [-0.25, -0.2) is 4.98 Å². The number of fused-ring (bicyclic) bond motifs is 1. The predicted molar refractivity (Wildman–Crippen MR) is 66.2 cm³/mol. The van der Waals surface area contributed by atoms with Crippen molar-refractivity contribution in [2.24, 2.45) is 0 Å². The van der Waals surface area contributed by atoms with Crippen LogP contribution >= 0.6 is 11.5 Å². The van der Waals surface area contributed by atoms with Gasteiger partial charge in [-0.05, 0) is 30.6 Å². The maximum Gasteiger partial charge on any atom is 0.144 e. The van der Waals surface area contributed by atoms with E-state index in [1.807, 2.05) is 35.2 Å². The molecule has 17 heavy (non-hydrogen) atoms. The van der Waals surface area contributed by atoms with Crippen LogP contribution in [-0.4, -0.2) is 13.9 Å². The van der Waals surface area contributed by atoms with Crippen molar-refractivity contribution in [2.75, 3.05) is 0 Å². The Labute approximate surface area is 102 Å². The van der Waals surface area contributed by atoms with Gasteiger partial charge in [-0.3, -0.25) is 4.57 Å². The molecule has 0 fully saturated rings. The van der Waals surface area contributed by atoms with Gasteiger partial charge in [0, 0.05) is 23.2 Å². The second-order valence-electron chi connectivity index (χ2n) is 3.72. The number of rotatable bonds is 1. The van der Waals surface area contributed by atoms with E-state index in [1.54, 1.807) is 6.20 Å². The van der Waals surface area contributed by atoms with Crippen LogP contribution in [0, 0.1) is 18.3 Å². The molecule has 3 heterocycles. The molecule has 0 saturated heterocycles. The first-order valence-corrected chi connectivity index (χ1v) is 5.92. The number of nitrogens with zero attached hydrogens (tertiary/aromatic N) is 4. The van der Waals surface area contributed by atoms with Crippen LogP contribution in [0.25, 0.3) is 16.7 Å². The van der Waals surface area contributed by atoms with E-state index in [1.165, 1.54) is 11.5 Å².